The molecule has 0 N–H and O–H groups in total. The molecular weight excluding hydrogens is 330 g/mol. The second-order valence-electron chi connectivity index (χ2n) is 4.93. The second-order valence-corrected chi connectivity index (χ2v) is 5.78. The van der Waals surface area contributed by atoms with Gasteiger partial charge in [-0.15, -0.1) is 0 Å². The molecule has 0 aliphatic rings. The largest absolute Gasteiger partial charge is 0.497 e. The van der Waals surface area contributed by atoms with Gasteiger partial charge in [-0.3, -0.25) is 9.69 Å². The molecule has 4 heteroatoms. The molecule has 3 nitrogen and oxygen atoms in total. The van der Waals surface area contributed by atoms with Crippen molar-refractivity contribution < 1.29 is 9.53 Å². The van der Waals surface area contributed by atoms with Gasteiger partial charge in [-0.05, 0) is 30.8 Å². The molecule has 0 aliphatic carbocycles. The number of methoxy groups -OCH3 is 1. The number of Topliss-reactive ketones (excluding diaryl/α,β-unsaturated/α-hetero) is 1. The number of carbonyl (C=O) groups is 1. The van der Waals surface area contributed by atoms with E-state index in [2.05, 4.69) is 15.9 Å². The molecule has 0 saturated carbocycles. The van der Waals surface area contributed by atoms with Crippen LogP contribution in [0, 0.1) is 0 Å². The van der Waals surface area contributed by atoms with Crippen LogP contribution in [0.4, 0.5) is 0 Å². The Kier molecular flexibility index (Phi) is 5.53. The van der Waals surface area contributed by atoms with Crippen molar-refractivity contribution in [1.82, 2.24) is 4.90 Å². The summed E-state index contributed by atoms with van der Waals surface area (Å²) in [6.45, 7) is 1.08. The van der Waals surface area contributed by atoms with Gasteiger partial charge >= 0.3 is 0 Å². The predicted octanol–water partition coefficient (Wildman–Crippen LogP) is 3.77. The van der Waals surface area contributed by atoms with Gasteiger partial charge in [-0.25, -0.2) is 0 Å². The Morgan fingerprint density at radius 2 is 1.95 bits per heavy atom. The summed E-state index contributed by atoms with van der Waals surface area (Å²) in [7, 11) is 3.59. The van der Waals surface area contributed by atoms with Gasteiger partial charge in [0.1, 0.15) is 5.75 Å². The van der Waals surface area contributed by atoms with E-state index in [-0.39, 0.29) is 5.78 Å². The number of halogens is 1. The predicted molar refractivity (Wildman–Crippen MR) is 87.8 cm³/mol. The van der Waals surface area contributed by atoms with Crippen molar-refractivity contribution in [3.05, 3.63) is 64.1 Å². The molecule has 2 rings (SSSR count). The van der Waals surface area contributed by atoms with E-state index in [9.17, 15) is 4.79 Å². The molecule has 0 aromatic heterocycles. The number of rotatable bonds is 6. The summed E-state index contributed by atoms with van der Waals surface area (Å²) < 4.78 is 6.05. The maximum absolute atomic E-state index is 12.3. The molecule has 0 amide bonds. The van der Waals surface area contributed by atoms with Gasteiger partial charge in [0.2, 0.25) is 0 Å². The minimum Gasteiger partial charge on any atom is -0.497 e. The van der Waals surface area contributed by atoms with Crippen molar-refractivity contribution in [3.63, 3.8) is 0 Å². The lowest BCUT2D eigenvalue weighted by Gasteiger charge is -2.16. The lowest BCUT2D eigenvalue weighted by molar-refractivity contribution is 0.0942. The summed E-state index contributed by atoms with van der Waals surface area (Å²) in [4.78, 5) is 14.3. The van der Waals surface area contributed by atoms with Crippen LogP contribution in [0.1, 0.15) is 15.9 Å². The van der Waals surface area contributed by atoms with Crippen molar-refractivity contribution in [3.8, 4) is 5.75 Å². The van der Waals surface area contributed by atoms with Crippen LogP contribution >= 0.6 is 15.9 Å². The first-order valence-electron chi connectivity index (χ1n) is 6.69. The normalized spacial score (nSPS) is 10.7. The van der Waals surface area contributed by atoms with Crippen LogP contribution < -0.4 is 4.74 Å². The molecule has 2 aromatic carbocycles. The van der Waals surface area contributed by atoms with Crippen molar-refractivity contribution in [2.45, 2.75) is 6.54 Å². The summed E-state index contributed by atoms with van der Waals surface area (Å²) in [5, 5.41) is 0. The van der Waals surface area contributed by atoms with E-state index in [0.717, 1.165) is 21.3 Å². The molecule has 0 bridgehead atoms. The zero-order chi connectivity index (χ0) is 15.2. The van der Waals surface area contributed by atoms with Crippen molar-refractivity contribution in [2.75, 3.05) is 20.7 Å². The highest BCUT2D eigenvalue weighted by atomic mass is 79.9. The van der Waals surface area contributed by atoms with Crippen molar-refractivity contribution in [1.29, 1.82) is 0 Å². The number of hydrogen-bond acceptors (Lipinski definition) is 3. The number of carbonyl (C=O) groups excluding carboxylic acids is 1. The SMILES string of the molecule is COc1cccc(CN(C)CC(=O)c2ccccc2Br)c1. The molecule has 0 spiro atoms. The Labute approximate surface area is 133 Å². The highest BCUT2D eigenvalue weighted by Gasteiger charge is 2.12. The van der Waals surface area contributed by atoms with Crippen molar-refractivity contribution >= 4 is 21.7 Å². The number of ether oxygens (including phenoxy) is 1. The molecule has 0 saturated heterocycles. The van der Waals surface area contributed by atoms with Crippen LogP contribution in [0.5, 0.6) is 5.75 Å². The molecule has 2 aromatic rings. The fourth-order valence-corrected chi connectivity index (χ4v) is 2.66. The Hall–Kier alpha value is -1.65. The van der Waals surface area contributed by atoms with Gasteiger partial charge in [0, 0.05) is 16.6 Å². The van der Waals surface area contributed by atoms with Crippen LogP contribution in [-0.4, -0.2) is 31.4 Å². The number of nitrogens with zero attached hydrogens (tertiary/aromatic N) is 1. The van der Waals surface area contributed by atoms with Crippen LogP contribution in [0.15, 0.2) is 53.0 Å². The van der Waals surface area contributed by atoms with Gasteiger partial charge in [0.15, 0.2) is 5.78 Å². The molecule has 0 aliphatic heterocycles. The third kappa shape index (κ3) is 4.41. The van der Waals surface area contributed by atoms with Gasteiger partial charge in [-0.1, -0.05) is 46.3 Å². The standard InChI is InChI=1S/C17H18BrNO2/c1-19(11-13-6-5-7-14(10-13)21-2)12-17(20)15-8-3-4-9-16(15)18/h3-10H,11-12H2,1-2H3. The topological polar surface area (TPSA) is 29.5 Å². The van der Waals surface area contributed by atoms with E-state index in [4.69, 9.17) is 4.74 Å². The quantitative estimate of drug-likeness (QED) is 0.745. The lowest BCUT2D eigenvalue weighted by Crippen LogP contribution is -2.25. The molecule has 0 radical (unpaired) electrons. The maximum atomic E-state index is 12.3. The average molecular weight is 348 g/mol. The van der Waals surface area contributed by atoms with E-state index in [1.54, 1.807) is 7.11 Å². The van der Waals surface area contributed by atoms with Crippen LogP contribution in [0.25, 0.3) is 0 Å². The summed E-state index contributed by atoms with van der Waals surface area (Å²) in [6, 6.07) is 15.4. The first kappa shape index (κ1) is 15.7. The first-order chi connectivity index (χ1) is 10.1. The smallest absolute Gasteiger partial charge is 0.177 e. The lowest BCUT2D eigenvalue weighted by atomic mass is 10.1. The Bertz CT molecular complexity index is 628. The molecular formula is C17H18BrNO2. The number of likely N-dealkylation sites (N-methyl/N-ethyl adjacent to an activating group) is 1. The molecule has 110 valence electrons. The Morgan fingerprint density at radius 1 is 1.19 bits per heavy atom. The first-order valence-corrected chi connectivity index (χ1v) is 7.48. The Morgan fingerprint density at radius 3 is 2.67 bits per heavy atom. The third-order valence-corrected chi connectivity index (χ3v) is 3.87. The zero-order valence-corrected chi connectivity index (χ0v) is 13.8. The highest BCUT2D eigenvalue weighted by molar-refractivity contribution is 9.10. The number of benzene rings is 2. The summed E-state index contributed by atoms with van der Waals surface area (Å²) in [5.74, 6) is 0.936. The minimum absolute atomic E-state index is 0.105. The summed E-state index contributed by atoms with van der Waals surface area (Å²) in [6.07, 6.45) is 0. The zero-order valence-electron chi connectivity index (χ0n) is 12.2. The highest BCUT2D eigenvalue weighted by Crippen LogP contribution is 2.17. The second kappa shape index (κ2) is 7.38. The fraction of sp³-hybridized carbons (Fsp3) is 0.235. The molecule has 0 unspecified atom stereocenters. The van der Waals surface area contributed by atoms with E-state index in [1.807, 2.05) is 60.5 Å². The fourth-order valence-electron chi connectivity index (χ4n) is 2.16. The van der Waals surface area contributed by atoms with E-state index in [0.29, 0.717) is 13.1 Å². The molecule has 0 heterocycles. The third-order valence-electron chi connectivity index (χ3n) is 3.17. The van der Waals surface area contributed by atoms with Crippen molar-refractivity contribution in [2.24, 2.45) is 0 Å². The molecule has 21 heavy (non-hydrogen) atoms. The van der Waals surface area contributed by atoms with Gasteiger partial charge in [-0.2, -0.15) is 0 Å². The van der Waals surface area contributed by atoms with E-state index >= 15 is 0 Å². The minimum atomic E-state index is 0.105. The van der Waals surface area contributed by atoms with Crippen LogP contribution in [-0.2, 0) is 6.54 Å². The monoisotopic (exact) mass is 347 g/mol. The van der Waals surface area contributed by atoms with Gasteiger partial charge in [0.25, 0.3) is 0 Å². The molecule has 0 atom stereocenters. The van der Waals surface area contributed by atoms with E-state index in [1.165, 1.54) is 0 Å². The Balaban J connectivity index is 1.99. The maximum Gasteiger partial charge on any atom is 0.177 e. The van der Waals surface area contributed by atoms with Gasteiger partial charge < -0.3 is 4.74 Å². The molecule has 0 fully saturated rings. The van der Waals surface area contributed by atoms with E-state index < -0.39 is 0 Å². The van der Waals surface area contributed by atoms with Crippen LogP contribution in [0.3, 0.4) is 0 Å². The number of ketones is 1. The number of hydrogen-bond donors (Lipinski definition) is 0. The van der Waals surface area contributed by atoms with Crippen LogP contribution in [0.2, 0.25) is 0 Å². The summed E-state index contributed by atoms with van der Waals surface area (Å²) >= 11 is 3.42. The van der Waals surface area contributed by atoms with Gasteiger partial charge in [0.05, 0.1) is 13.7 Å². The average Bonchev–Trinajstić information content (AvgIpc) is 2.47. The summed E-state index contributed by atoms with van der Waals surface area (Å²) in [5.41, 5.74) is 1.84.